The van der Waals surface area contributed by atoms with Crippen LogP contribution < -0.4 is 10.6 Å². The average molecular weight is 251 g/mol. The highest BCUT2D eigenvalue weighted by atomic mass is 15.2. The van der Waals surface area contributed by atoms with Crippen LogP contribution in [0.2, 0.25) is 0 Å². The fraction of sp³-hybridized carbons (Fsp3) is 0.867. The molecule has 3 nitrogen and oxygen atoms in total. The Morgan fingerprint density at radius 1 is 1.22 bits per heavy atom. The summed E-state index contributed by atoms with van der Waals surface area (Å²) < 4.78 is 0. The molecule has 2 unspecified atom stereocenters. The Bertz CT molecular complexity index is 275. The minimum Gasteiger partial charge on any atom is -0.303 e. The van der Waals surface area contributed by atoms with Gasteiger partial charge in [0.1, 0.15) is 0 Å². The normalized spacial score (nSPS) is 26.7. The molecule has 2 N–H and O–H groups in total. The zero-order valence-corrected chi connectivity index (χ0v) is 12.2. The first-order chi connectivity index (χ1) is 8.72. The molecular formula is C15H29N3. The number of hydrogen-bond acceptors (Lipinski definition) is 3. The first-order valence-corrected chi connectivity index (χ1v) is 7.57. The van der Waals surface area contributed by atoms with E-state index in [-0.39, 0.29) is 0 Å². The molecule has 104 valence electrons. The second-order valence-corrected chi connectivity index (χ2v) is 5.87. The van der Waals surface area contributed by atoms with Gasteiger partial charge in [-0.3, -0.25) is 0 Å². The van der Waals surface area contributed by atoms with Crippen LogP contribution in [0.1, 0.15) is 33.6 Å². The van der Waals surface area contributed by atoms with Gasteiger partial charge < -0.3 is 15.5 Å². The minimum atomic E-state index is 0.470. The van der Waals surface area contributed by atoms with Gasteiger partial charge in [0.25, 0.3) is 0 Å². The zero-order chi connectivity index (χ0) is 13.0. The lowest BCUT2D eigenvalue weighted by Gasteiger charge is -2.29. The number of rotatable bonds is 5. The van der Waals surface area contributed by atoms with E-state index in [1.54, 1.807) is 5.57 Å². The van der Waals surface area contributed by atoms with Gasteiger partial charge in [0, 0.05) is 25.6 Å². The molecule has 2 aliphatic heterocycles. The molecule has 0 aromatic carbocycles. The van der Waals surface area contributed by atoms with Crippen molar-refractivity contribution in [1.82, 2.24) is 15.5 Å². The highest BCUT2D eigenvalue weighted by Gasteiger charge is 2.26. The van der Waals surface area contributed by atoms with E-state index in [1.165, 1.54) is 32.5 Å². The van der Waals surface area contributed by atoms with Crippen LogP contribution in [0.15, 0.2) is 11.6 Å². The molecule has 0 bridgehead atoms. The summed E-state index contributed by atoms with van der Waals surface area (Å²) in [5, 5.41) is 7.11. The molecule has 2 heterocycles. The van der Waals surface area contributed by atoms with Crippen molar-refractivity contribution >= 4 is 0 Å². The van der Waals surface area contributed by atoms with Gasteiger partial charge in [0.2, 0.25) is 0 Å². The van der Waals surface area contributed by atoms with E-state index in [0.717, 1.165) is 13.1 Å². The molecule has 2 saturated heterocycles. The fourth-order valence-corrected chi connectivity index (χ4v) is 3.53. The predicted octanol–water partition coefficient (Wildman–Crippen LogP) is 1.82. The standard InChI is InChI=1S/C15H29N3/c1-4-14(13(3)15-16-7-8-17-15)12(2)11-18-9-5-6-10-18/h4,12-13,15-17H,5-11H2,1-3H3/b14-4+. The Morgan fingerprint density at radius 2 is 1.83 bits per heavy atom. The summed E-state index contributed by atoms with van der Waals surface area (Å²) in [5.41, 5.74) is 1.61. The summed E-state index contributed by atoms with van der Waals surface area (Å²) in [4.78, 5) is 2.62. The summed E-state index contributed by atoms with van der Waals surface area (Å²) in [7, 11) is 0. The minimum absolute atomic E-state index is 0.470. The third-order valence-corrected chi connectivity index (χ3v) is 4.51. The van der Waals surface area contributed by atoms with Crippen molar-refractivity contribution in [3.63, 3.8) is 0 Å². The van der Waals surface area contributed by atoms with Crippen LogP contribution in [-0.2, 0) is 0 Å². The van der Waals surface area contributed by atoms with Gasteiger partial charge in [-0.15, -0.1) is 0 Å². The number of allylic oxidation sites excluding steroid dienone is 1. The number of nitrogens with zero attached hydrogens (tertiary/aromatic N) is 1. The van der Waals surface area contributed by atoms with Crippen molar-refractivity contribution in [2.75, 3.05) is 32.7 Å². The number of likely N-dealkylation sites (tertiary alicyclic amines) is 1. The van der Waals surface area contributed by atoms with Gasteiger partial charge in [-0.05, 0) is 38.8 Å². The third kappa shape index (κ3) is 3.34. The van der Waals surface area contributed by atoms with Gasteiger partial charge in [0.15, 0.2) is 0 Å². The van der Waals surface area contributed by atoms with Crippen LogP contribution in [0.5, 0.6) is 0 Å². The van der Waals surface area contributed by atoms with Gasteiger partial charge in [0.05, 0.1) is 6.17 Å². The first kappa shape index (κ1) is 14.0. The van der Waals surface area contributed by atoms with Crippen LogP contribution in [0.25, 0.3) is 0 Å². The molecule has 2 aliphatic rings. The third-order valence-electron chi connectivity index (χ3n) is 4.51. The highest BCUT2D eigenvalue weighted by Crippen LogP contribution is 2.25. The molecule has 0 saturated carbocycles. The lowest BCUT2D eigenvalue weighted by atomic mass is 9.87. The zero-order valence-electron chi connectivity index (χ0n) is 12.2. The fourth-order valence-electron chi connectivity index (χ4n) is 3.53. The van der Waals surface area contributed by atoms with E-state index in [0.29, 0.717) is 18.0 Å². The van der Waals surface area contributed by atoms with Crippen LogP contribution in [0.3, 0.4) is 0 Å². The average Bonchev–Trinajstić information content (AvgIpc) is 3.01. The molecule has 0 spiro atoms. The topological polar surface area (TPSA) is 27.3 Å². The molecule has 0 aromatic heterocycles. The maximum atomic E-state index is 3.55. The summed E-state index contributed by atoms with van der Waals surface area (Å²) in [6.07, 6.45) is 5.59. The predicted molar refractivity (Wildman–Crippen MR) is 77.6 cm³/mol. The number of nitrogens with one attached hydrogen (secondary N) is 2. The van der Waals surface area contributed by atoms with E-state index in [9.17, 15) is 0 Å². The smallest absolute Gasteiger partial charge is 0.0637 e. The summed E-state index contributed by atoms with van der Waals surface area (Å²) in [5.74, 6) is 1.27. The molecule has 2 atom stereocenters. The van der Waals surface area contributed by atoms with Crippen LogP contribution >= 0.6 is 0 Å². The van der Waals surface area contributed by atoms with Crippen molar-refractivity contribution < 1.29 is 0 Å². The lowest BCUT2D eigenvalue weighted by molar-refractivity contribution is 0.288. The van der Waals surface area contributed by atoms with Crippen molar-refractivity contribution in [2.45, 2.75) is 39.8 Å². The lowest BCUT2D eigenvalue weighted by Crippen LogP contribution is -2.40. The van der Waals surface area contributed by atoms with E-state index < -0.39 is 0 Å². The SMILES string of the molecule is C/C=C(\C(C)CN1CCCC1)C(C)C1NCCN1. The van der Waals surface area contributed by atoms with Gasteiger partial charge >= 0.3 is 0 Å². The quantitative estimate of drug-likeness (QED) is 0.730. The van der Waals surface area contributed by atoms with Crippen molar-refractivity contribution in [3.05, 3.63) is 11.6 Å². The molecular weight excluding hydrogens is 222 g/mol. The van der Waals surface area contributed by atoms with E-state index in [2.05, 4.69) is 42.4 Å². The molecule has 18 heavy (non-hydrogen) atoms. The Kier molecular flexibility index (Phi) is 5.22. The van der Waals surface area contributed by atoms with Crippen LogP contribution in [0, 0.1) is 11.8 Å². The van der Waals surface area contributed by atoms with Crippen molar-refractivity contribution in [3.8, 4) is 0 Å². The molecule has 3 heteroatoms. The highest BCUT2D eigenvalue weighted by molar-refractivity contribution is 5.12. The summed E-state index contributed by atoms with van der Waals surface area (Å²) >= 11 is 0. The monoisotopic (exact) mass is 251 g/mol. The number of hydrogen-bond donors (Lipinski definition) is 2. The maximum absolute atomic E-state index is 3.55. The van der Waals surface area contributed by atoms with E-state index >= 15 is 0 Å². The van der Waals surface area contributed by atoms with Crippen molar-refractivity contribution in [1.29, 1.82) is 0 Å². The van der Waals surface area contributed by atoms with E-state index in [1.807, 2.05) is 0 Å². The summed E-state index contributed by atoms with van der Waals surface area (Å²) in [6, 6.07) is 0. The van der Waals surface area contributed by atoms with E-state index in [4.69, 9.17) is 0 Å². The first-order valence-electron chi connectivity index (χ1n) is 7.57. The van der Waals surface area contributed by atoms with Crippen LogP contribution in [0.4, 0.5) is 0 Å². The largest absolute Gasteiger partial charge is 0.303 e. The summed E-state index contributed by atoms with van der Waals surface area (Å²) in [6.45, 7) is 13.0. The molecule has 2 fully saturated rings. The Morgan fingerprint density at radius 3 is 2.39 bits per heavy atom. The molecule has 0 radical (unpaired) electrons. The maximum Gasteiger partial charge on any atom is 0.0637 e. The Balaban J connectivity index is 1.89. The van der Waals surface area contributed by atoms with Gasteiger partial charge in [-0.25, -0.2) is 0 Å². The molecule has 0 aliphatic carbocycles. The molecule has 0 aromatic rings. The molecule has 2 rings (SSSR count). The van der Waals surface area contributed by atoms with Gasteiger partial charge in [-0.1, -0.05) is 25.5 Å². The Labute approximate surface area is 112 Å². The van der Waals surface area contributed by atoms with Crippen molar-refractivity contribution in [2.24, 2.45) is 11.8 Å². The second kappa shape index (κ2) is 6.69. The van der Waals surface area contributed by atoms with Gasteiger partial charge in [-0.2, -0.15) is 0 Å². The molecule has 0 amide bonds. The van der Waals surface area contributed by atoms with Crippen LogP contribution in [-0.4, -0.2) is 43.8 Å². The Hall–Kier alpha value is -0.380. The second-order valence-electron chi connectivity index (χ2n) is 5.87.